The Hall–Kier alpha value is -11.6. The molecule has 1 aromatic rings. The quantitative estimate of drug-likeness (QED) is 0.00965. The van der Waals surface area contributed by atoms with Gasteiger partial charge in [-0.05, 0) is 264 Å². The van der Waals surface area contributed by atoms with Crippen molar-refractivity contribution in [3.05, 3.63) is 268 Å². The molecule has 0 spiro atoms. The first-order valence-electron chi connectivity index (χ1n) is 55.0. The SMILES string of the molecule is C=C(C)[C@@H]1CCC(C)=C[C@H]1C1=C(O)C(C(=O)OC)=C(CCCCC)C(=O)C1=O.C=C(C)[C@@H]1CCC(C)=C[C@H]1C1=C(O)C(NC(C)C)=C(CCCCC)C(=O)C1=O.C=C(C)[C@@H]1CCC(C)=C[C@H]1C1=C(O)C(NCC(C)(C)C)=C(CCCCC)C(=O)C1=O.C=C(C)[C@@H]1CCC(C)=C[C@H]1C1=C(O)C(NCCC(C)C)=C(CCCCC)C(=O)C1=O.C=C(C)[C@@H]1CCC(C)=C[C@H]1C1=C(O)C(NCc2ccccc2)=C(CCCCC)C(=O)C1=O. The Kier molecular flexibility index (Phi) is 48.3. The first-order chi connectivity index (χ1) is 69.9. The van der Waals surface area contributed by atoms with Crippen molar-refractivity contribution in [2.24, 2.45) is 70.5 Å². The van der Waals surface area contributed by atoms with Crippen LogP contribution in [0.1, 0.15) is 357 Å². The molecule has 0 heterocycles. The lowest BCUT2D eigenvalue weighted by Crippen LogP contribution is -2.38. The van der Waals surface area contributed by atoms with Gasteiger partial charge in [0.05, 0.1) is 57.8 Å². The molecule has 10 aliphatic rings. The van der Waals surface area contributed by atoms with Crippen molar-refractivity contribution < 1.29 is 83.0 Å². The number of ketones is 10. The summed E-state index contributed by atoms with van der Waals surface area (Å²) in [6.45, 7) is 67.0. The third kappa shape index (κ3) is 32.0. The molecule has 1 aromatic carbocycles. The molecular formula is C127H178N4O17. The van der Waals surface area contributed by atoms with Gasteiger partial charge in [0.2, 0.25) is 57.8 Å². The van der Waals surface area contributed by atoms with E-state index >= 15 is 0 Å². The van der Waals surface area contributed by atoms with Gasteiger partial charge in [0.15, 0.2) is 0 Å². The number of allylic oxidation sites excluding steroid dienone is 25. The topological polar surface area (TPSA) is 346 Å². The summed E-state index contributed by atoms with van der Waals surface area (Å²) in [4.78, 5) is 144. The normalized spacial score (nSPS) is 22.8. The van der Waals surface area contributed by atoms with Crippen LogP contribution in [0.3, 0.4) is 0 Å². The molecule has 148 heavy (non-hydrogen) atoms. The standard InChI is InChI=1S/C28H35NO3.2C26H39NO3.C24H35NO3.C23H30O5/c1-5-6-8-13-22-25(29-17-20-11-9-7-10-12-20)27(31)24(28(32)26(22)30)23-16-19(4)14-15-21(23)18(2)3;1-8-9-10-11-19-22(27-15-26(5,6)7)24(29)21(25(30)23(19)28)20-14-17(4)12-13-18(20)16(2)3;1-7-8-9-10-20-23(27-14-13-16(2)3)25(29)22(26(30)24(20)28)21-15-18(6)11-12-19(21)17(4)5;1-7-8-9-10-18-21(25-15(4)5)23(27)20(24(28)22(18)26)19-13-16(6)11-12-17(19)14(2)3;1-6-7-8-9-16-19(23(27)28-5)21(25)18(22(26)20(16)24)17-12-14(4)10-11-15(17)13(2)3/h7,9-12,16,21,23,29,31H,2,5-6,8,13-15,17H2,1,3-4H3;14,18,20,27,29H,2,8-13,15H2,1,3-7H3;15-16,19,21,27,29H,4,7-14H2,1-3,5-6H3;13,15,17,19,25,27H,2,7-12H2,1,3-6H3;12,15,17,25H,2,6-11H2,1,3-5H3/t21-,23+;18-,20+;19-,21+;17-,19+;15-,17+/m00000/s1. The van der Waals surface area contributed by atoms with E-state index in [1.54, 1.807) is 0 Å². The Morgan fingerprint density at radius 1 is 0.365 bits per heavy atom. The molecule has 11 rings (SSSR count). The van der Waals surface area contributed by atoms with Crippen molar-refractivity contribution >= 4 is 63.8 Å². The lowest BCUT2D eigenvalue weighted by molar-refractivity contribution is -0.137. The molecule has 21 nitrogen and oxygen atoms in total. The number of hydrogen-bond donors (Lipinski definition) is 9. The van der Waals surface area contributed by atoms with Crippen LogP contribution in [0.5, 0.6) is 0 Å². The second-order valence-corrected chi connectivity index (χ2v) is 45.0. The highest BCUT2D eigenvalue weighted by molar-refractivity contribution is 6.53. The summed E-state index contributed by atoms with van der Waals surface area (Å²) in [5, 5.41) is 69.3. The van der Waals surface area contributed by atoms with Crippen LogP contribution >= 0.6 is 0 Å². The number of benzene rings is 1. The minimum absolute atomic E-state index is 0.00306. The lowest BCUT2D eigenvalue weighted by atomic mass is 9.70. The fourth-order valence-corrected chi connectivity index (χ4v) is 21.8. The molecule has 0 amide bonds. The third-order valence-electron chi connectivity index (χ3n) is 30.3. The summed E-state index contributed by atoms with van der Waals surface area (Å²) >= 11 is 0. The molecule has 10 atom stereocenters. The van der Waals surface area contributed by atoms with E-state index in [1.807, 2.05) is 151 Å². The van der Waals surface area contributed by atoms with Crippen molar-refractivity contribution in [2.45, 2.75) is 364 Å². The van der Waals surface area contributed by atoms with E-state index in [1.165, 1.54) is 29.4 Å². The lowest BCUT2D eigenvalue weighted by Gasteiger charge is -2.34. The van der Waals surface area contributed by atoms with E-state index in [0.29, 0.717) is 103 Å². The number of aliphatic hydroxyl groups excluding tert-OH is 5. The largest absolute Gasteiger partial charge is 0.507 e. The molecular weight excluding hydrogens is 1850 g/mol. The molecule has 9 N–H and O–H groups in total. The monoisotopic (exact) mass is 2030 g/mol. The first kappa shape index (κ1) is 123. The summed E-state index contributed by atoms with van der Waals surface area (Å²) in [6, 6.07) is 9.89. The van der Waals surface area contributed by atoms with E-state index in [0.717, 1.165) is 200 Å². The second-order valence-electron chi connectivity index (χ2n) is 45.0. The summed E-state index contributed by atoms with van der Waals surface area (Å²) in [6.07, 6.45) is 36.0. The molecule has 21 heteroatoms. The van der Waals surface area contributed by atoms with Gasteiger partial charge in [-0.2, -0.15) is 0 Å². The highest BCUT2D eigenvalue weighted by Gasteiger charge is 2.49. The molecule has 0 radical (unpaired) electrons. The van der Waals surface area contributed by atoms with Gasteiger partial charge in [-0.1, -0.05) is 283 Å². The predicted molar refractivity (Wildman–Crippen MR) is 597 cm³/mol. The number of nitrogens with one attached hydrogen (secondary N) is 4. The smallest absolute Gasteiger partial charge is 0.342 e. The Morgan fingerprint density at radius 3 is 0.885 bits per heavy atom. The highest BCUT2D eigenvalue weighted by Crippen LogP contribution is 2.49. The van der Waals surface area contributed by atoms with Crippen LogP contribution in [0.15, 0.2) is 262 Å². The molecule has 10 aliphatic carbocycles. The predicted octanol–water partition coefficient (Wildman–Crippen LogP) is 27.9. The van der Waals surface area contributed by atoms with Crippen LogP contribution in [-0.2, 0) is 64.0 Å². The number of methoxy groups -OCH3 is 1. The van der Waals surface area contributed by atoms with E-state index in [9.17, 15) is 78.3 Å². The zero-order valence-corrected chi connectivity index (χ0v) is 93.9. The Morgan fingerprint density at radius 2 is 0.622 bits per heavy atom. The summed E-state index contributed by atoms with van der Waals surface area (Å²) < 4.78 is 4.82. The van der Waals surface area contributed by atoms with Crippen LogP contribution in [0.2, 0.25) is 0 Å². The minimum Gasteiger partial charge on any atom is -0.507 e. The van der Waals surface area contributed by atoms with Gasteiger partial charge in [0.25, 0.3) is 0 Å². The number of carbonyl (C=O) groups excluding carboxylic acids is 11. The molecule has 0 unspecified atom stereocenters. The highest BCUT2D eigenvalue weighted by atomic mass is 16.5. The van der Waals surface area contributed by atoms with Gasteiger partial charge in [-0.25, -0.2) is 4.79 Å². The summed E-state index contributed by atoms with van der Waals surface area (Å²) in [7, 11) is 1.20. The van der Waals surface area contributed by atoms with Gasteiger partial charge in [-0.15, -0.1) is 0 Å². The molecule has 0 saturated carbocycles. The summed E-state index contributed by atoms with van der Waals surface area (Å²) in [5.41, 5.74) is 16.0. The molecule has 0 bridgehead atoms. The number of Topliss-reactive ketones (excluding diaryl/α,β-unsaturated/α-hetero) is 10. The van der Waals surface area contributed by atoms with Gasteiger partial charge < -0.3 is 51.5 Å². The maximum Gasteiger partial charge on any atom is 0.342 e. The van der Waals surface area contributed by atoms with Gasteiger partial charge in [-0.3, -0.25) is 47.9 Å². The zero-order valence-electron chi connectivity index (χ0n) is 93.9. The number of aliphatic hydroxyl groups is 5. The van der Waals surface area contributed by atoms with Gasteiger partial charge >= 0.3 is 5.97 Å². The van der Waals surface area contributed by atoms with Crippen molar-refractivity contribution in [3.63, 3.8) is 0 Å². The minimum atomic E-state index is -0.786. The van der Waals surface area contributed by atoms with Crippen LogP contribution in [0.4, 0.5) is 0 Å². The average molecular weight is 2030 g/mol. The van der Waals surface area contributed by atoms with E-state index < -0.39 is 75.5 Å². The number of hydrogen-bond acceptors (Lipinski definition) is 21. The third-order valence-corrected chi connectivity index (χ3v) is 30.3. The van der Waals surface area contributed by atoms with Crippen LogP contribution in [-0.4, -0.2) is 116 Å². The molecule has 0 aliphatic heterocycles. The Balaban J connectivity index is 0.000000251. The molecule has 808 valence electrons. The number of carbonyl (C=O) groups is 11. The number of esters is 1. The fraction of sp³-hybridized carbons (Fsp3) is 0.551. The number of rotatable bonds is 42. The summed E-state index contributed by atoms with van der Waals surface area (Å²) in [5.74, 6) is -8.01. The Labute approximate surface area is 885 Å². The number of ether oxygens (including phenoxy) is 1. The Bertz CT molecular complexity index is 5720. The maximum atomic E-state index is 13.3. The van der Waals surface area contributed by atoms with Crippen LogP contribution < -0.4 is 21.3 Å². The van der Waals surface area contributed by atoms with E-state index in [4.69, 9.17) is 4.74 Å². The molecule has 0 fully saturated rings. The fourth-order valence-electron chi connectivity index (χ4n) is 21.8. The van der Waals surface area contributed by atoms with Crippen molar-refractivity contribution in [1.82, 2.24) is 21.3 Å². The average Bonchev–Trinajstić information content (AvgIpc) is 0.753. The second kappa shape index (κ2) is 58.0. The maximum absolute atomic E-state index is 13.3. The molecule has 0 aromatic heterocycles. The zero-order chi connectivity index (χ0) is 110. The van der Waals surface area contributed by atoms with Gasteiger partial charge in [0, 0.05) is 83.1 Å². The van der Waals surface area contributed by atoms with Crippen LogP contribution in [0.25, 0.3) is 0 Å². The first-order valence-corrected chi connectivity index (χ1v) is 55.0. The van der Waals surface area contributed by atoms with Crippen molar-refractivity contribution in [3.8, 4) is 0 Å². The van der Waals surface area contributed by atoms with Crippen LogP contribution in [0, 0.1) is 70.5 Å². The van der Waals surface area contributed by atoms with E-state index in [2.05, 4.69) is 116 Å². The van der Waals surface area contributed by atoms with Crippen molar-refractivity contribution in [1.29, 1.82) is 0 Å². The molecule has 0 saturated heterocycles. The van der Waals surface area contributed by atoms with Gasteiger partial charge in [0.1, 0.15) is 34.4 Å². The van der Waals surface area contributed by atoms with Crippen molar-refractivity contribution in [2.75, 3.05) is 20.2 Å². The van der Waals surface area contributed by atoms with E-state index in [-0.39, 0.29) is 133 Å². The number of unbranched alkanes of at least 4 members (excludes halogenated alkanes) is 10.